The molecule has 1 aromatic carbocycles. The van der Waals surface area contributed by atoms with Crippen molar-refractivity contribution in [3.05, 3.63) is 60.4 Å². The predicted octanol–water partition coefficient (Wildman–Crippen LogP) is 2.17. The quantitative estimate of drug-likeness (QED) is 0.374. The molecule has 0 radical (unpaired) electrons. The molecule has 3 rings (SSSR count). The Kier molecular flexibility index (Phi) is 5.91. The van der Waals surface area contributed by atoms with Crippen LogP contribution in [-0.2, 0) is 0 Å². The summed E-state index contributed by atoms with van der Waals surface area (Å²) in [6, 6.07) is 12.1. The van der Waals surface area contributed by atoms with Crippen molar-refractivity contribution in [2.24, 2.45) is 0 Å². The lowest BCUT2D eigenvalue weighted by Crippen LogP contribution is -2.15. The van der Waals surface area contributed by atoms with Crippen LogP contribution in [0.2, 0.25) is 0 Å². The molecule has 0 saturated carbocycles. The molecule has 0 bridgehead atoms. The number of hydrogen-bond acceptors (Lipinski definition) is 7. The van der Waals surface area contributed by atoms with Gasteiger partial charge in [0.1, 0.15) is 5.82 Å². The third-order valence-electron chi connectivity index (χ3n) is 3.69. The first-order valence-corrected chi connectivity index (χ1v) is 8.47. The highest BCUT2D eigenvalue weighted by Crippen LogP contribution is 2.21. The summed E-state index contributed by atoms with van der Waals surface area (Å²) in [4.78, 5) is 25.4. The van der Waals surface area contributed by atoms with Gasteiger partial charge >= 0.3 is 0 Å². The second-order valence-corrected chi connectivity index (χ2v) is 5.79. The third-order valence-corrected chi connectivity index (χ3v) is 3.69. The molecule has 0 aliphatic carbocycles. The van der Waals surface area contributed by atoms with Crippen molar-refractivity contribution < 1.29 is 9.90 Å². The minimum atomic E-state index is -0.320. The summed E-state index contributed by atoms with van der Waals surface area (Å²) in [6.45, 7) is 0.573. The molecule has 5 N–H and O–H groups in total. The maximum atomic E-state index is 12.5. The third kappa shape index (κ3) is 4.99. The van der Waals surface area contributed by atoms with Gasteiger partial charge in [0.2, 0.25) is 5.95 Å². The Hall–Kier alpha value is -3.52. The molecule has 3 aromatic rings. The van der Waals surface area contributed by atoms with Crippen LogP contribution in [0.1, 0.15) is 16.8 Å². The number of anilines is 3. The number of benzene rings is 1. The average Bonchev–Trinajstić information content (AvgIpc) is 2.69. The summed E-state index contributed by atoms with van der Waals surface area (Å²) < 4.78 is 0. The largest absolute Gasteiger partial charge is 0.399 e. The Morgan fingerprint density at radius 3 is 2.78 bits per heavy atom. The lowest BCUT2D eigenvalue weighted by atomic mass is 10.2. The first-order valence-electron chi connectivity index (χ1n) is 8.47. The maximum absolute atomic E-state index is 12.5. The predicted molar refractivity (Wildman–Crippen MR) is 104 cm³/mol. The molecule has 2 aromatic heterocycles. The Morgan fingerprint density at radius 2 is 2.04 bits per heavy atom. The summed E-state index contributed by atoms with van der Waals surface area (Å²) in [5, 5.41) is 14.8. The van der Waals surface area contributed by atoms with Gasteiger partial charge in [-0.1, -0.05) is 6.07 Å². The molecule has 0 unspecified atom stereocenters. The molecule has 2 heterocycles. The number of aliphatic hydroxyl groups excluding tert-OH is 1. The number of nitrogens with two attached hydrogens (primary N) is 1. The van der Waals surface area contributed by atoms with Crippen molar-refractivity contribution in [2.45, 2.75) is 6.42 Å². The van der Waals surface area contributed by atoms with Crippen LogP contribution in [0.25, 0.3) is 11.3 Å². The normalized spacial score (nSPS) is 10.4. The molecule has 138 valence electrons. The maximum Gasteiger partial charge on any atom is 0.256 e. The molecule has 27 heavy (non-hydrogen) atoms. The zero-order chi connectivity index (χ0) is 19.1. The van der Waals surface area contributed by atoms with E-state index < -0.39 is 0 Å². The highest BCUT2D eigenvalue weighted by Gasteiger charge is 2.11. The van der Waals surface area contributed by atoms with Crippen molar-refractivity contribution in [1.82, 2.24) is 15.0 Å². The van der Waals surface area contributed by atoms with Gasteiger partial charge < -0.3 is 21.5 Å². The van der Waals surface area contributed by atoms with E-state index in [9.17, 15) is 4.79 Å². The first-order chi connectivity index (χ1) is 13.2. The molecule has 0 aliphatic heterocycles. The van der Waals surface area contributed by atoms with Crippen LogP contribution in [0, 0.1) is 0 Å². The molecule has 1 amide bonds. The van der Waals surface area contributed by atoms with Crippen molar-refractivity contribution >= 4 is 23.4 Å². The van der Waals surface area contributed by atoms with Gasteiger partial charge in [-0.05, 0) is 36.8 Å². The second kappa shape index (κ2) is 8.72. The van der Waals surface area contributed by atoms with Gasteiger partial charge in [-0.2, -0.15) is 4.98 Å². The van der Waals surface area contributed by atoms with E-state index in [4.69, 9.17) is 10.8 Å². The van der Waals surface area contributed by atoms with Crippen LogP contribution in [0.15, 0.2) is 54.9 Å². The van der Waals surface area contributed by atoms with E-state index in [2.05, 4.69) is 25.6 Å². The lowest BCUT2D eigenvalue weighted by Gasteiger charge is -2.11. The Morgan fingerprint density at radius 1 is 1.15 bits per heavy atom. The van der Waals surface area contributed by atoms with Gasteiger partial charge in [0.15, 0.2) is 0 Å². The van der Waals surface area contributed by atoms with Crippen molar-refractivity contribution in [3.8, 4) is 11.3 Å². The van der Waals surface area contributed by atoms with Crippen LogP contribution in [0.3, 0.4) is 0 Å². The Balaban J connectivity index is 1.88. The topological polar surface area (TPSA) is 126 Å². The molecule has 8 nitrogen and oxygen atoms in total. The minimum absolute atomic E-state index is 0.0638. The summed E-state index contributed by atoms with van der Waals surface area (Å²) in [5.41, 5.74) is 8.10. The number of rotatable bonds is 7. The van der Waals surface area contributed by atoms with E-state index in [-0.39, 0.29) is 12.5 Å². The van der Waals surface area contributed by atoms with Gasteiger partial charge in [-0.25, -0.2) is 4.98 Å². The molecular weight excluding hydrogens is 344 g/mol. The van der Waals surface area contributed by atoms with E-state index in [1.165, 1.54) is 0 Å². The molecular formula is C19H20N6O2. The van der Waals surface area contributed by atoms with Gasteiger partial charge in [-0.15, -0.1) is 0 Å². The molecule has 0 aliphatic rings. The number of hydrogen-bond donors (Lipinski definition) is 4. The van der Waals surface area contributed by atoms with E-state index in [1.807, 2.05) is 6.07 Å². The Bertz CT molecular complexity index is 917. The van der Waals surface area contributed by atoms with Crippen LogP contribution < -0.4 is 16.4 Å². The summed E-state index contributed by atoms with van der Waals surface area (Å²) in [5.74, 6) is 0.384. The number of aliphatic hydroxyl groups is 1. The van der Waals surface area contributed by atoms with Crippen molar-refractivity contribution in [1.29, 1.82) is 0 Å². The summed E-state index contributed by atoms with van der Waals surface area (Å²) in [7, 11) is 0. The van der Waals surface area contributed by atoms with Crippen molar-refractivity contribution in [3.63, 3.8) is 0 Å². The summed E-state index contributed by atoms with van der Waals surface area (Å²) >= 11 is 0. The fourth-order valence-electron chi connectivity index (χ4n) is 2.40. The molecule has 0 spiro atoms. The van der Waals surface area contributed by atoms with Crippen LogP contribution in [0.5, 0.6) is 0 Å². The van der Waals surface area contributed by atoms with E-state index >= 15 is 0 Å². The van der Waals surface area contributed by atoms with Gasteiger partial charge in [0.05, 0.1) is 5.69 Å². The number of carbonyl (C=O) groups is 1. The van der Waals surface area contributed by atoms with Gasteiger partial charge in [0.25, 0.3) is 5.91 Å². The van der Waals surface area contributed by atoms with Gasteiger partial charge in [-0.3, -0.25) is 9.78 Å². The highest BCUT2D eigenvalue weighted by molar-refractivity contribution is 6.04. The van der Waals surface area contributed by atoms with E-state index in [1.54, 1.807) is 48.8 Å². The molecule has 0 fully saturated rings. The highest BCUT2D eigenvalue weighted by atomic mass is 16.3. The fourth-order valence-corrected chi connectivity index (χ4v) is 2.40. The molecule has 0 atom stereocenters. The standard InChI is InChI=1S/C19H20N6O2/c20-15-6-1-4-13(10-15)18(27)24-17-11-16(14-5-2-7-21-12-14)23-19(25-17)22-8-3-9-26/h1-2,4-7,10-12,26H,3,8-9,20H2,(H2,22,23,24,25,27). The smallest absolute Gasteiger partial charge is 0.256 e. The van der Waals surface area contributed by atoms with Crippen molar-refractivity contribution in [2.75, 3.05) is 29.5 Å². The van der Waals surface area contributed by atoms with Gasteiger partial charge in [0, 0.05) is 48.4 Å². The zero-order valence-corrected chi connectivity index (χ0v) is 14.6. The lowest BCUT2D eigenvalue weighted by molar-refractivity contribution is 0.102. The van der Waals surface area contributed by atoms with Crippen LogP contribution >= 0.6 is 0 Å². The molecule has 0 saturated heterocycles. The number of nitrogens with zero attached hydrogens (tertiary/aromatic N) is 3. The minimum Gasteiger partial charge on any atom is -0.399 e. The number of amides is 1. The number of nitrogens with one attached hydrogen (secondary N) is 2. The Labute approximate surface area is 156 Å². The van der Waals surface area contributed by atoms with Crippen LogP contribution in [-0.4, -0.2) is 39.1 Å². The fraction of sp³-hybridized carbons (Fsp3) is 0.158. The number of aromatic nitrogens is 3. The molecule has 8 heteroatoms. The van der Waals surface area contributed by atoms with E-state index in [0.717, 1.165) is 5.56 Å². The summed E-state index contributed by atoms with van der Waals surface area (Å²) in [6.07, 6.45) is 3.92. The monoisotopic (exact) mass is 364 g/mol. The first kappa shape index (κ1) is 18.3. The number of nitrogen functional groups attached to an aromatic ring is 1. The SMILES string of the molecule is Nc1cccc(C(=O)Nc2cc(-c3cccnc3)nc(NCCCO)n2)c1. The average molecular weight is 364 g/mol. The van der Waals surface area contributed by atoms with E-state index in [0.29, 0.717) is 41.7 Å². The second-order valence-electron chi connectivity index (χ2n) is 5.79. The number of pyridine rings is 1. The van der Waals surface area contributed by atoms with Crippen LogP contribution in [0.4, 0.5) is 17.5 Å². The number of carbonyl (C=O) groups excluding carboxylic acids is 1. The zero-order valence-electron chi connectivity index (χ0n) is 14.6.